The average molecular weight is 272 g/mol. The summed E-state index contributed by atoms with van der Waals surface area (Å²) < 4.78 is 4.79. The highest BCUT2D eigenvalue weighted by Gasteiger charge is 2.15. The van der Waals surface area contributed by atoms with Gasteiger partial charge in [0.05, 0.1) is 6.61 Å². The highest BCUT2D eigenvalue weighted by Crippen LogP contribution is 2.10. The fourth-order valence-corrected chi connectivity index (χ4v) is 1.48. The molecule has 1 unspecified atom stereocenters. The minimum Gasteiger partial charge on any atom is -0.465 e. The number of para-hydroxylation sites is 1. The van der Waals surface area contributed by atoms with Gasteiger partial charge in [-0.15, -0.1) is 0 Å². The smallest absolute Gasteiger partial charge is 0.327 e. The van der Waals surface area contributed by atoms with Crippen LogP contribution in [0, 0.1) is 0 Å². The summed E-state index contributed by atoms with van der Waals surface area (Å²) in [5, 5.41) is 0. The van der Waals surface area contributed by atoms with Crippen LogP contribution in [-0.4, -0.2) is 12.6 Å². The van der Waals surface area contributed by atoms with E-state index in [-0.39, 0.29) is 5.97 Å². The molecule has 106 valence electrons. The topological polar surface area (TPSA) is 78.3 Å². The number of anilines is 1. The molecule has 4 heteroatoms. The Morgan fingerprint density at radius 1 is 1.05 bits per heavy atom. The molecule has 4 N–H and O–H groups in total. The van der Waals surface area contributed by atoms with Gasteiger partial charge < -0.3 is 16.2 Å². The molecule has 0 saturated carbocycles. The van der Waals surface area contributed by atoms with Crippen LogP contribution in [0.15, 0.2) is 60.7 Å². The molecule has 0 saturated heterocycles. The number of nitrogens with two attached hydrogens (primary N) is 2. The Morgan fingerprint density at radius 2 is 1.55 bits per heavy atom. The number of carbonyl (C=O) groups excluding carboxylic acids is 1. The van der Waals surface area contributed by atoms with Crippen molar-refractivity contribution in [1.82, 2.24) is 0 Å². The SMILES string of the molecule is CCOC(=O)C(N)c1ccccc1.Nc1ccccc1. The van der Waals surface area contributed by atoms with Gasteiger partial charge in [0.15, 0.2) is 0 Å². The first-order valence-corrected chi connectivity index (χ1v) is 6.42. The summed E-state index contributed by atoms with van der Waals surface area (Å²) in [5.41, 5.74) is 12.6. The van der Waals surface area contributed by atoms with E-state index in [0.29, 0.717) is 6.61 Å². The van der Waals surface area contributed by atoms with Gasteiger partial charge in [0.25, 0.3) is 0 Å². The quantitative estimate of drug-likeness (QED) is 0.664. The minimum atomic E-state index is -0.666. The normalized spacial score (nSPS) is 10.9. The fraction of sp³-hybridized carbons (Fsp3) is 0.188. The van der Waals surface area contributed by atoms with Crippen LogP contribution in [0.4, 0.5) is 5.69 Å². The third-order valence-electron chi connectivity index (χ3n) is 2.50. The number of hydrogen-bond donors (Lipinski definition) is 2. The van der Waals surface area contributed by atoms with Crippen molar-refractivity contribution in [3.63, 3.8) is 0 Å². The largest absolute Gasteiger partial charge is 0.465 e. The molecule has 2 aromatic rings. The average Bonchev–Trinajstić information content (AvgIpc) is 2.49. The van der Waals surface area contributed by atoms with Crippen molar-refractivity contribution < 1.29 is 9.53 Å². The van der Waals surface area contributed by atoms with E-state index in [2.05, 4.69) is 0 Å². The van der Waals surface area contributed by atoms with E-state index in [0.717, 1.165) is 11.3 Å². The summed E-state index contributed by atoms with van der Waals surface area (Å²) in [6, 6.07) is 18.0. The number of hydrogen-bond acceptors (Lipinski definition) is 4. The standard InChI is InChI=1S/C10H13NO2.C6H7N/c1-2-13-10(12)9(11)8-6-4-3-5-7-8;7-6-4-2-1-3-5-6/h3-7,9H,2,11H2,1H3;1-5H,7H2. The van der Waals surface area contributed by atoms with Crippen LogP contribution >= 0.6 is 0 Å². The number of benzene rings is 2. The Hall–Kier alpha value is -2.33. The van der Waals surface area contributed by atoms with Gasteiger partial charge in [-0.3, -0.25) is 0 Å². The Balaban J connectivity index is 0.000000240. The summed E-state index contributed by atoms with van der Waals surface area (Å²) in [5.74, 6) is -0.381. The molecule has 0 radical (unpaired) electrons. The summed E-state index contributed by atoms with van der Waals surface area (Å²) in [6.45, 7) is 2.12. The zero-order valence-corrected chi connectivity index (χ0v) is 11.5. The first-order chi connectivity index (χ1) is 9.65. The van der Waals surface area contributed by atoms with Gasteiger partial charge in [-0.2, -0.15) is 0 Å². The molecule has 0 spiro atoms. The molecular formula is C16H20N2O2. The van der Waals surface area contributed by atoms with Crippen LogP contribution in [0.3, 0.4) is 0 Å². The number of ether oxygens (including phenoxy) is 1. The molecule has 2 rings (SSSR count). The van der Waals surface area contributed by atoms with E-state index in [9.17, 15) is 4.79 Å². The molecule has 0 amide bonds. The van der Waals surface area contributed by atoms with E-state index >= 15 is 0 Å². The molecule has 0 aliphatic carbocycles. The summed E-state index contributed by atoms with van der Waals surface area (Å²) in [7, 11) is 0. The van der Waals surface area contributed by atoms with Gasteiger partial charge in [0.2, 0.25) is 0 Å². The van der Waals surface area contributed by atoms with Gasteiger partial charge in [-0.05, 0) is 24.6 Å². The van der Waals surface area contributed by atoms with Crippen molar-refractivity contribution in [3.8, 4) is 0 Å². The fourth-order valence-electron chi connectivity index (χ4n) is 1.48. The minimum absolute atomic E-state index is 0.360. The number of esters is 1. The van der Waals surface area contributed by atoms with E-state index in [1.54, 1.807) is 6.92 Å². The van der Waals surface area contributed by atoms with Crippen LogP contribution in [-0.2, 0) is 9.53 Å². The maximum absolute atomic E-state index is 11.2. The summed E-state index contributed by atoms with van der Waals surface area (Å²) in [4.78, 5) is 11.2. The predicted molar refractivity (Wildman–Crippen MR) is 80.9 cm³/mol. The molecular weight excluding hydrogens is 252 g/mol. The third-order valence-corrected chi connectivity index (χ3v) is 2.50. The molecule has 0 heterocycles. The molecule has 0 aliphatic rings. The lowest BCUT2D eigenvalue weighted by molar-refractivity contribution is -0.144. The Kier molecular flexibility index (Phi) is 6.85. The Bertz CT molecular complexity index is 500. The first kappa shape index (κ1) is 15.7. The zero-order chi connectivity index (χ0) is 14.8. The van der Waals surface area contributed by atoms with Crippen molar-refractivity contribution in [1.29, 1.82) is 0 Å². The second-order valence-electron chi connectivity index (χ2n) is 4.05. The third kappa shape index (κ3) is 5.54. The number of nitrogen functional groups attached to an aromatic ring is 1. The molecule has 20 heavy (non-hydrogen) atoms. The van der Waals surface area contributed by atoms with Crippen molar-refractivity contribution in [3.05, 3.63) is 66.2 Å². The summed E-state index contributed by atoms with van der Waals surface area (Å²) in [6.07, 6.45) is 0. The Morgan fingerprint density at radius 3 is 1.95 bits per heavy atom. The second-order valence-corrected chi connectivity index (χ2v) is 4.05. The zero-order valence-electron chi connectivity index (χ0n) is 11.5. The van der Waals surface area contributed by atoms with Crippen molar-refractivity contribution >= 4 is 11.7 Å². The summed E-state index contributed by atoms with van der Waals surface area (Å²) >= 11 is 0. The van der Waals surface area contributed by atoms with Crippen LogP contribution in [0.2, 0.25) is 0 Å². The van der Waals surface area contributed by atoms with Gasteiger partial charge >= 0.3 is 5.97 Å². The maximum Gasteiger partial charge on any atom is 0.327 e. The van der Waals surface area contributed by atoms with E-state index in [1.165, 1.54) is 0 Å². The molecule has 0 bridgehead atoms. The molecule has 0 aromatic heterocycles. The van der Waals surface area contributed by atoms with E-state index in [1.807, 2.05) is 60.7 Å². The monoisotopic (exact) mass is 272 g/mol. The predicted octanol–water partition coefficient (Wildman–Crippen LogP) is 2.52. The van der Waals surface area contributed by atoms with Gasteiger partial charge in [-0.1, -0.05) is 48.5 Å². The highest BCUT2D eigenvalue weighted by atomic mass is 16.5. The Labute approximate surface area is 119 Å². The maximum atomic E-state index is 11.2. The second kappa shape index (κ2) is 8.72. The molecule has 4 nitrogen and oxygen atoms in total. The van der Waals surface area contributed by atoms with Crippen LogP contribution in [0.25, 0.3) is 0 Å². The lowest BCUT2D eigenvalue weighted by Gasteiger charge is -2.09. The van der Waals surface area contributed by atoms with Crippen molar-refractivity contribution in [2.75, 3.05) is 12.3 Å². The molecule has 1 atom stereocenters. The number of rotatable bonds is 3. The number of carbonyl (C=O) groups is 1. The first-order valence-electron chi connectivity index (χ1n) is 6.42. The highest BCUT2D eigenvalue weighted by molar-refractivity contribution is 5.77. The van der Waals surface area contributed by atoms with E-state index < -0.39 is 6.04 Å². The van der Waals surface area contributed by atoms with Crippen molar-refractivity contribution in [2.24, 2.45) is 5.73 Å². The molecule has 2 aromatic carbocycles. The lowest BCUT2D eigenvalue weighted by atomic mass is 10.1. The van der Waals surface area contributed by atoms with Crippen LogP contribution in [0.1, 0.15) is 18.5 Å². The van der Waals surface area contributed by atoms with E-state index in [4.69, 9.17) is 16.2 Å². The lowest BCUT2D eigenvalue weighted by Crippen LogP contribution is -2.23. The van der Waals surface area contributed by atoms with Gasteiger partial charge in [0.1, 0.15) is 6.04 Å². The molecule has 0 aliphatic heterocycles. The molecule has 0 fully saturated rings. The van der Waals surface area contributed by atoms with Crippen LogP contribution < -0.4 is 11.5 Å². The van der Waals surface area contributed by atoms with Crippen LogP contribution in [0.5, 0.6) is 0 Å². The van der Waals surface area contributed by atoms with Crippen molar-refractivity contribution in [2.45, 2.75) is 13.0 Å². The van der Waals surface area contributed by atoms with Gasteiger partial charge in [-0.25, -0.2) is 4.79 Å². The van der Waals surface area contributed by atoms with Gasteiger partial charge in [0, 0.05) is 5.69 Å².